The summed E-state index contributed by atoms with van der Waals surface area (Å²) in [7, 11) is 0. The average Bonchev–Trinajstić information content (AvgIpc) is 2.87. The van der Waals surface area contributed by atoms with E-state index in [0.717, 1.165) is 25.8 Å². The Hall–Kier alpha value is -1.10. The number of nitrogens with one attached hydrogen (secondary N) is 2. The highest BCUT2D eigenvalue weighted by Crippen LogP contribution is 2.32. The molecule has 0 radical (unpaired) electrons. The highest BCUT2D eigenvalue weighted by molar-refractivity contribution is 6.07. The monoisotopic (exact) mass is 209 g/mol. The molecule has 1 saturated carbocycles. The fourth-order valence-electron chi connectivity index (χ4n) is 2.38. The van der Waals surface area contributed by atoms with Gasteiger partial charge in [-0.05, 0) is 31.7 Å². The van der Waals surface area contributed by atoms with Gasteiger partial charge in [-0.15, -0.1) is 0 Å². The Morgan fingerprint density at radius 2 is 2.20 bits per heavy atom. The predicted octanol–water partition coefficient (Wildman–Crippen LogP) is -0.320. The number of rotatable bonds is 2. The van der Waals surface area contributed by atoms with Crippen molar-refractivity contribution in [3.8, 4) is 0 Å². The van der Waals surface area contributed by atoms with Crippen LogP contribution < -0.4 is 10.6 Å². The molecule has 0 aromatic rings. The summed E-state index contributed by atoms with van der Waals surface area (Å²) in [5.41, 5.74) is -0.619. The van der Waals surface area contributed by atoms with Gasteiger partial charge in [0.1, 0.15) is 5.54 Å². The fourth-order valence-corrected chi connectivity index (χ4v) is 2.38. The summed E-state index contributed by atoms with van der Waals surface area (Å²) >= 11 is 0. The summed E-state index contributed by atoms with van der Waals surface area (Å²) in [4.78, 5) is 25.2. The smallest absolute Gasteiger partial charge is 0.322 e. The maximum absolute atomic E-state index is 12.1. The van der Waals surface area contributed by atoms with E-state index in [1.165, 1.54) is 4.90 Å². The second-order valence-corrected chi connectivity index (χ2v) is 4.80. The van der Waals surface area contributed by atoms with Crippen molar-refractivity contribution in [2.24, 2.45) is 5.92 Å². The molecule has 5 nitrogen and oxygen atoms in total. The first-order valence-electron chi connectivity index (χ1n) is 5.56. The third-order valence-electron chi connectivity index (χ3n) is 3.54. The molecule has 1 atom stereocenters. The Morgan fingerprint density at radius 1 is 1.40 bits per heavy atom. The van der Waals surface area contributed by atoms with Crippen LogP contribution in [0.3, 0.4) is 0 Å². The van der Waals surface area contributed by atoms with Crippen molar-refractivity contribution >= 4 is 11.9 Å². The van der Waals surface area contributed by atoms with Gasteiger partial charge in [-0.3, -0.25) is 9.69 Å². The van der Waals surface area contributed by atoms with Crippen LogP contribution in [0, 0.1) is 5.92 Å². The van der Waals surface area contributed by atoms with Gasteiger partial charge in [-0.25, -0.2) is 4.79 Å². The summed E-state index contributed by atoms with van der Waals surface area (Å²) in [6.45, 7) is 2.01. The van der Waals surface area contributed by atoms with E-state index in [1.807, 2.05) is 0 Å². The summed E-state index contributed by atoms with van der Waals surface area (Å²) in [6, 6.07) is -0.199. The van der Waals surface area contributed by atoms with Crippen LogP contribution in [0.5, 0.6) is 0 Å². The van der Waals surface area contributed by atoms with Gasteiger partial charge in [0.2, 0.25) is 0 Å². The largest absolute Gasteiger partial charge is 0.325 e. The van der Waals surface area contributed by atoms with Crippen molar-refractivity contribution in [1.82, 2.24) is 15.5 Å². The molecule has 1 aliphatic carbocycles. The van der Waals surface area contributed by atoms with Crippen molar-refractivity contribution in [3.63, 3.8) is 0 Å². The van der Waals surface area contributed by atoms with E-state index in [-0.39, 0.29) is 11.9 Å². The van der Waals surface area contributed by atoms with Crippen molar-refractivity contribution in [2.45, 2.75) is 24.8 Å². The molecule has 0 bridgehead atoms. The van der Waals surface area contributed by atoms with Crippen LogP contribution in [0.25, 0.3) is 0 Å². The predicted molar refractivity (Wildman–Crippen MR) is 53.2 cm³/mol. The standard InChI is InChI=1S/C10H15N3O2/c14-8-10(3-4-11-6-10)12-9(15)13(8)5-7-1-2-7/h7,11H,1-6H2,(H,12,15)/t10-/m1/s1. The molecule has 3 fully saturated rings. The highest BCUT2D eigenvalue weighted by Gasteiger charge is 2.53. The summed E-state index contributed by atoms with van der Waals surface area (Å²) in [6.07, 6.45) is 3.03. The SMILES string of the molecule is O=C1N[C@@]2(CCNC2)C(=O)N1CC1CC1. The highest BCUT2D eigenvalue weighted by atomic mass is 16.2. The minimum Gasteiger partial charge on any atom is -0.322 e. The van der Waals surface area contributed by atoms with Gasteiger partial charge >= 0.3 is 6.03 Å². The maximum atomic E-state index is 12.1. The van der Waals surface area contributed by atoms with E-state index in [0.29, 0.717) is 19.0 Å². The van der Waals surface area contributed by atoms with Gasteiger partial charge < -0.3 is 10.6 Å². The van der Waals surface area contributed by atoms with Gasteiger partial charge in [0.25, 0.3) is 5.91 Å². The van der Waals surface area contributed by atoms with Crippen LogP contribution in [0.4, 0.5) is 4.79 Å². The summed E-state index contributed by atoms with van der Waals surface area (Å²) in [5.74, 6) is 0.536. The normalized spacial score (nSPS) is 35.3. The third kappa shape index (κ3) is 1.33. The van der Waals surface area contributed by atoms with Gasteiger partial charge in [0, 0.05) is 13.1 Å². The molecular formula is C10H15N3O2. The lowest BCUT2D eigenvalue weighted by atomic mass is 9.99. The number of urea groups is 1. The molecule has 0 aromatic carbocycles. The molecule has 3 aliphatic rings. The molecule has 2 aliphatic heterocycles. The lowest BCUT2D eigenvalue weighted by Gasteiger charge is -2.19. The Bertz CT molecular complexity index is 319. The maximum Gasteiger partial charge on any atom is 0.325 e. The topological polar surface area (TPSA) is 61.4 Å². The molecule has 2 N–H and O–H groups in total. The molecular weight excluding hydrogens is 194 g/mol. The Kier molecular flexibility index (Phi) is 1.80. The molecule has 3 amide bonds. The van der Waals surface area contributed by atoms with Crippen molar-refractivity contribution < 1.29 is 9.59 Å². The van der Waals surface area contributed by atoms with Gasteiger partial charge in [0.05, 0.1) is 0 Å². The van der Waals surface area contributed by atoms with Crippen molar-refractivity contribution in [3.05, 3.63) is 0 Å². The number of nitrogens with zero attached hydrogens (tertiary/aromatic N) is 1. The number of amides is 3. The Balaban J connectivity index is 1.79. The number of carbonyl (C=O) groups is 2. The zero-order chi connectivity index (χ0) is 10.5. The van der Waals surface area contributed by atoms with Crippen molar-refractivity contribution in [1.29, 1.82) is 0 Å². The van der Waals surface area contributed by atoms with E-state index >= 15 is 0 Å². The van der Waals surface area contributed by atoms with Crippen LogP contribution in [-0.4, -0.2) is 42.0 Å². The lowest BCUT2D eigenvalue weighted by molar-refractivity contribution is -0.130. The molecule has 2 heterocycles. The second kappa shape index (κ2) is 2.95. The van der Waals surface area contributed by atoms with Crippen molar-refractivity contribution in [2.75, 3.05) is 19.6 Å². The number of carbonyl (C=O) groups excluding carboxylic acids is 2. The first kappa shape index (κ1) is 9.15. The molecule has 5 heteroatoms. The zero-order valence-electron chi connectivity index (χ0n) is 8.58. The Labute approximate surface area is 88.2 Å². The van der Waals surface area contributed by atoms with E-state index in [4.69, 9.17) is 0 Å². The molecule has 82 valence electrons. The number of imide groups is 1. The van der Waals surface area contributed by atoms with Crippen LogP contribution in [-0.2, 0) is 4.79 Å². The van der Waals surface area contributed by atoms with E-state index in [9.17, 15) is 9.59 Å². The minimum atomic E-state index is -0.619. The first-order valence-corrected chi connectivity index (χ1v) is 5.56. The quantitative estimate of drug-likeness (QED) is 0.613. The number of hydrogen-bond donors (Lipinski definition) is 2. The number of hydrogen-bond acceptors (Lipinski definition) is 3. The molecule has 1 spiro atoms. The van der Waals surface area contributed by atoms with Gasteiger partial charge in [-0.1, -0.05) is 0 Å². The van der Waals surface area contributed by atoms with Crippen LogP contribution in [0.15, 0.2) is 0 Å². The van der Waals surface area contributed by atoms with E-state index in [2.05, 4.69) is 10.6 Å². The van der Waals surface area contributed by atoms with Crippen LogP contribution in [0.1, 0.15) is 19.3 Å². The molecule has 15 heavy (non-hydrogen) atoms. The molecule has 2 saturated heterocycles. The zero-order valence-corrected chi connectivity index (χ0v) is 8.58. The summed E-state index contributed by atoms with van der Waals surface area (Å²) < 4.78 is 0. The van der Waals surface area contributed by atoms with Gasteiger partial charge in [-0.2, -0.15) is 0 Å². The lowest BCUT2D eigenvalue weighted by Crippen LogP contribution is -2.48. The Morgan fingerprint density at radius 3 is 2.80 bits per heavy atom. The summed E-state index contributed by atoms with van der Waals surface area (Å²) in [5, 5.41) is 5.97. The molecule has 0 aromatic heterocycles. The molecule has 3 rings (SSSR count). The second-order valence-electron chi connectivity index (χ2n) is 4.80. The van der Waals surface area contributed by atoms with Crippen LogP contribution in [0.2, 0.25) is 0 Å². The van der Waals surface area contributed by atoms with Crippen LogP contribution >= 0.6 is 0 Å². The van der Waals surface area contributed by atoms with E-state index in [1.54, 1.807) is 0 Å². The minimum absolute atomic E-state index is 0.0237. The first-order chi connectivity index (χ1) is 7.21. The third-order valence-corrected chi connectivity index (χ3v) is 3.54. The van der Waals surface area contributed by atoms with E-state index < -0.39 is 5.54 Å². The average molecular weight is 209 g/mol. The fraction of sp³-hybridized carbons (Fsp3) is 0.800. The van der Waals surface area contributed by atoms with Gasteiger partial charge in [0.15, 0.2) is 0 Å². The molecule has 0 unspecified atom stereocenters.